The van der Waals surface area contributed by atoms with Gasteiger partial charge >= 0.3 is 0 Å². The summed E-state index contributed by atoms with van der Waals surface area (Å²) in [5, 5.41) is 28.5. The third-order valence-electron chi connectivity index (χ3n) is 5.32. The maximum absolute atomic E-state index is 10.0. The van der Waals surface area contributed by atoms with Crippen LogP contribution in [0.2, 0.25) is 0 Å². The van der Waals surface area contributed by atoms with E-state index in [2.05, 4.69) is 6.92 Å². The summed E-state index contributed by atoms with van der Waals surface area (Å²) >= 11 is 0. The lowest BCUT2D eigenvalue weighted by molar-refractivity contribution is -0.0730. The van der Waals surface area contributed by atoms with E-state index in [9.17, 15) is 10.2 Å². The summed E-state index contributed by atoms with van der Waals surface area (Å²) in [5.41, 5.74) is 0. The number of aliphatic hydroxyl groups excluding tert-OH is 3. The Hall–Kier alpha value is -0.200. The summed E-state index contributed by atoms with van der Waals surface area (Å²) in [4.78, 5) is 0. The Morgan fingerprint density at radius 2 is 1.38 bits per heavy atom. The van der Waals surface area contributed by atoms with Crippen molar-refractivity contribution in [1.82, 2.24) is 0 Å². The van der Waals surface area contributed by atoms with E-state index < -0.39 is 31.0 Å². The van der Waals surface area contributed by atoms with Crippen LogP contribution in [0.5, 0.6) is 0 Å². The van der Waals surface area contributed by atoms with Crippen molar-refractivity contribution < 1.29 is 24.8 Å². The molecule has 1 aliphatic heterocycles. The van der Waals surface area contributed by atoms with Gasteiger partial charge in [-0.05, 0) is 6.42 Å². The van der Waals surface area contributed by atoms with Gasteiger partial charge < -0.3 is 24.8 Å². The first-order valence-electron chi connectivity index (χ1n) is 10.9. The van der Waals surface area contributed by atoms with Crippen LogP contribution in [0.15, 0.2) is 0 Å². The maximum Gasteiger partial charge on any atom is 0.114 e. The van der Waals surface area contributed by atoms with Gasteiger partial charge in [-0.15, -0.1) is 0 Å². The number of rotatable bonds is 17. The highest BCUT2D eigenvalue weighted by Gasteiger charge is 2.40. The number of hydrogen-bond acceptors (Lipinski definition) is 5. The highest BCUT2D eigenvalue weighted by molar-refractivity contribution is 4.88. The minimum atomic E-state index is -1.05. The van der Waals surface area contributed by atoms with Crippen molar-refractivity contribution in [1.29, 1.82) is 0 Å². The fourth-order valence-electron chi connectivity index (χ4n) is 3.56. The number of hydrogen-bond donors (Lipinski definition) is 3. The van der Waals surface area contributed by atoms with Crippen molar-refractivity contribution in [3.63, 3.8) is 0 Å². The van der Waals surface area contributed by atoms with Crippen molar-refractivity contribution in [2.45, 2.75) is 115 Å². The molecule has 0 aromatic heterocycles. The molecular weight excluding hydrogens is 332 g/mol. The molecule has 156 valence electrons. The molecular formula is C21H42O5. The lowest BCUT2D eigenvalue weighted by Gasteiger charge is -2.20. The number of aliphatic hydroxyl groups is 3. The molecule has 3 N–H and O–H groups in total. The molecule has 0 radical (unpaired) electrons. The van der Waals surface area contributed by atoms with Gasteiger partial charge in [-0.2, -0.15) is 0 Å². The minimum absolute atomic E-state index is 0.279. The van der Waals surface area contributed by atoms with Gasteiger partial charge in [0.1, 0.15) is 24.4 Å². The van der Waals surface area contributed by atoms with Crippen LogP contribution in [-0.4, -0.2) is 59.6 Å². The summed E-state index contributed by atoms with van der Waals surface area (Å²) in [6, 6.07) is 0. The fraction of sp³-hybridized carbons (Fsp3) is 1.00. The molecule has 0 bridgehead atoms. The second kappa shape index (κ2) is 15.8. The van der Waals surface area contributed by atoms with Crippen LogP contribution < -0.4 is 0 Å². The van der Waals surface area contributed by atoms with Crippen molar-refractivity contribution in [2.24, 2.45) is 0 Å². The van der Waals surface area contributed by atoms with Crippen LogP contribution in [0.25, 0.3) is 0 Å². The predicted octanol–water partition coefficient (Wildman–Crippen LogP) is 3.58. The van der Waals surface area contributed by atoms with E-state index in [-0.39, 0.29) is 6.61 Å². The zero-order valence-corrected chi connectivity index (χ0v) is 16.8. The molecule has 5 nitrogen and oxygen atoms in total. The molecule has 1 heterocycles. The van der Waals surface area contributed by atoms with Gasteiger partial charge in [-0.1, -0.05) is 84.0 Å². The molecule has 1 rings (SSSR count). The average molecular weight is 375 g/mol. The molecule has 1 fully saturated rings. The maximum atomic E-state index is 10.0. The molecule has 5 heteroatoms. The molecule has 0 aromatic carbocycles. The van der Waals surface area contributed by atoms with Gasteiger partial charge in [0.05, 0.1) is 13.2 Å². The molecule has 1 saturated heterocycles. The Bertz CT molecular complexity index is 313. The standard InChI is InChI=1S/C21H42O5/c1-2-3-4-5-6-7-8-9-10-11-12-13-14-15-25-19-17-26-21(20(19)24)18(23)16-22/h18-24H,2-17H2,1H3/t18-,19+,20+,21+/m1/s1. The molecule has 0 saturated carbocycles. The minimum Gasteiger partial charge on any atom is -0.394 e. The molecule has 0 unspecified atom stereocenters. The lowest BCUT2D eigenvalue weighted by Crippen LogP contribution is -2.41. The highest BCUT2D eigenvalue weighted by atomic mass is 16.6. The van der Waals surface area contributed by atoms with Crippen molar-refractivity contribution in [3.05, 3.63) is 0 Å². The fourth-order valence-corrected chi connectivity index (χ4v) is 3.56. The van der Waals surface area contributed by atoms with Crippen molar-refractivity contribution in [3.8, 4) is 0 Å². The van der Waals surface area contributed by atoms with E-state index in [0.717, 1.165) is 12.8 Å². The van der Waals surface area contributed by atoms with Crippen LogP contribution >= 0.6 is 0 Å². The topological polar surface area (TPSA) is 79.2 Å². The zero-order valence-electron chi connectivity index (χ0n) is 16.8. The van der Waals surface area contributed by atoms with Gasteiger partial charge in [0.25, 0.3) is 0 Å². The van der Waals surface area contributed by atoms with Crippen LogP contribution in [0.1, 0.15) is 90.4 Å². The largest absolute Gasteiger partial charge is 0.394 e. The summed E-state index contributed by atoms with van der Waals surface area (Å²) in [6.07, 6.45) is 14.1. The van der Waals surface area contributed by atoms with Gasteiger partial charge in [0.2, 0.25) is 0 Å². The molecule has 4 atom stereocenters. The Kier molecular flexibility index (Phi) is 14.5. The molecule has 0 amide bonds. The summed E-state index contributed by atoms with van der Waals surface area (Å²) in [7, 11) is 0. The monoisotopic (exact) mass is 374 g/mol. The Morgan fingerprint density at radius 3 is 1.88 bits per heavy atom. The molecule has 26 heavy (non-hydrogen) atoms. The van der Waals surface area contributed by atoms with Crippen LogP contribution in [0, 0.1) is 0 Å². The molecule has 0 aromatic rings. The Labute approximate surface area is 160 Å². The van der Waals surface area contributed by atoms with Crippen LogP contribution in [0.3, 0.4) is 0 Å². The quantitative estimate of drug-likeness (QED) is 0.339. The van der Waals surface area contributed by atoms with E-state index >= 15 is 0 Å². The smallest absolute Gasteiger partial charge is 0.114 e. The molecule has 0 spiro atoms. The van der Waals surface area contributed by atoms with E-state index in [1.807, 2.05) is 0 Å². The SMILES string of the molecule is CCCCCCCCCCCCCCCO[C@H]1CO[C@@H]([C@H](O)CO)[C@H]1O. The zero-order chi connectivity index (χ0) is 19.0. The first-order valence-corrected chi connectivity index (χ1v) is 10.9. The first-order chi connectivity index (χ1) is 12.7. The van der Waals surface area contributed by atoms with Gasteiger partial charge in [0.15, 0.2) is 0 Å². The first kappa shape index (κ1) is 23.8. The Morgan fingerprint density at radius 1 is 0.885 bits per heavy atom. The average Bonchev–Trinajstić information content (AvgIpc) is 3.02. The third-order valence-corrected chi connectivity index (χ3v) is 5.32. The number of ether oxygens (including phenoxy) is 2. The summed E-state index contributed by atoms with van der Waals surface area (Å²) in [5.74, 6) is 0. The Balaban J connectivity index is 1.84. The van der Waals surface area contributed by atoms with Crippen LogP contribution in [-0.2, 0) is 9.47 Å². The van der Waals surface area contributed by atoms with Crippen molar-refractivity contribution >= 4 is 0 Å². The van der Waals surface area contributed by atoms with E-state index in [1.165, 1.54) is 70.6 Å². The normalized spacial score (nSPS) is 24.2. The lowest BCUT2D eigenvalue weighted by atomic mass is 10.0. The van der Waals surface area contributed by atoms with Gasteiger partial charge in [-0.3, -0.25) is 0 Å². The summed E-state index contributed by atoms with van der Waals surface area (Å²) in [6.45, 7) is 2.75. The second-order valence-electron chi connectivity index (χ2n) is 7.69. The number of unbranched alkanes of at least 4 members (excludes halogenated alkanes) is 12. The van der Waals surface area contributed by atoms with Crippen LogP contribution in [0.4, 0.5) is 0 Å². The van der Waals surface area contributed by atoms with Crippen molar-refractivity contribution in [2.75, 3.05) is 19.8 Å². The third kappa shape index (κ3) is 10.2. The van der Waals surface area contributed by atoms with Gasteiger partial charge in [-0.25, -0.2) is 0 Å². The highest BCUT2D eigenvalue weighted by Crippen LogP contribution is 2.20. The molecule has 0 aliphatic carbocycles. The van der Waals surface area contributed by atoms with E-state index in [0.29, 0.717) is 6.61 Å². The second-order valence-corrected chi connectivity index (χ2v) is 7.69. The van der Waals surface area contributed by atoms with Gasteiger partial charge in [0, 0.05) is 6.61 Å². The summed E-state index contributed by atoms with van der Waals surface area (Å²) < 4.78 is 11.0. The van der Waals surface area contributed by atoms with E-state index in [1.54, 1.807) is 0 Å². The predicted molar refractivity (Wildman–Crippen MR) is 104 cm³/mol. The van der Waals surface area contributed by atoms with E-state index in [4.69, 9.17) is 14.6 Å². The molecule has 1 aliphatic rings.